The van der Waals surface area contributed by atoms with Gasteiger partial charge in [-0.1, -0.05) is 17.7 Å². The molecule has 0 aliphatic carbocycles. The van der Waals surface area contributed by atoms with Gasteiger partial charge in [-0.2, -0.15) is 5.10 Å². The van der Waals surface area contributed by atoms with Crippen LogP contribution in [0.5, 0.6) is 0 Å². The molecule has 2 amide bonds. The second-order valence-electron chi connectivity index (χ2n) is 6.29. The summed E-state index contributed by atoms with van der Waals surface area (Å²) >= 11 is 0. The van der Waals surface area contributed by atoms with E-state index < -0.39 is 0 Å². The SMILES string of the molecule is CO[C@H]1CCCN(C(=O)Nc2cc(C)nn2-c2ccc(C)cc2)C1. The van der Waals surface area contributed by atoms with Gasteiger partial charge in [0.1, 0.15) is 5.82 Å². The Morgan fingerprint density at radius 2 is 2.04 bits per heavy atom. The number of urea groups is 1. The summed E-state index contributed by atoms with van der Waals surface area (Å²) in [7, 11) is 1.70. The van der Waals surface area contributed by atoms with E-state index in [-0.39, 0.29) is 12.1 Å². The van der Waals surface area contributed by atoms with Crippen LogP contribution in [0.3, 0.4) is 0 Å². The highest BCUT2D eigenvalue weighted by Gasteiger charge is 2.24. The quantitative estimate of drug-likeness (QED) is 0.942. The van der Waals surface area contributed by atoms with Gasteiger partial charge in [0.25, 0.3) is 0 Å². The number of hydrogen-bond donors (Lipinski definition) is 1. The molecule has 1 aliphatic heterocycles. The van der Waals surface area contributed by atoms with Gasteiger partial charge in [-0.3, -0.25) is 5.32 Å². The first-order valence-electron chi connectivity index (χ1n) is 8.29. The number of carbonyl (C=O) groups is 1. The number of hydrogen-bond acceptors (Lipinski definition) is 3. The Kier molecular flexibility index (Phi) is 4.85. The Morgan fingerprint density at radius 3 is 2.75 bits per heavy atom. The molecule has 1 aliphatic rings. The van der Waals surface area contributed by atoms with Gasteiger partial charge in [0.05, 0.1) is 17.5 Å². The zero-order chi connectivity index (χ0) is 17.1. The Hall–Kier alpha value is -2.34. The molecule has 1 saturated heterocycles. The maximum Gasteiger partial charge on any atom is 0.323 e. The minimum Gasteiger partial charge on any atom is -0.380 e. The lowest BCUT2D eigenvalue weighted by Gasteiger charge is -2.31. The number of piperidine rings is 1. The molecule has 0 saturated carbocycles. The summed E-state index contributed by atoms with van der Waals surface area (Å²) in [6.07, 6.45) is 2.08. The Morgan fingerprint density at radius 1 is 1.29 bits per heavy atom. The first-order valence-corrected chi connectivity index (χ1v) is 8.29. The third kappa shape index (κ3) is 3.59. The average Bonchev–Trinajstić information content (AvgIpc) is 2.96. The van der Waals surface area contributed by atoms with Crippen LogP contribution in [0, 0.1) is 13.8 Å². The minimum absolute atomic E-state index is 0.106. The average molecular weight is 328 g/mol. The molecule has 3 rings (SSSR count). The fraction of sp³-hybridized carbons (Fsp3) is 0.444. The molecule has 2 heterocycles. The molecule has 0 spiro atoms. The summed E-state index contributed by atoms with van der Waals surface area (Å²) in [6.45, 7) is 5.34. The second-order valence-corrected chi connectivity index (χ2v) is 6.29. The highest BCUT2D eigenvalue weighted by Crippen LogP contribution is 2.19. The standard InChI is InChI=1S/C18H24N4O2/c1-13-6-8-15(9-7-13)22-17(11-14(2)20-22)19-18(23)21-10-4-5-16(12-21)24-3/h6-9,11,16H,4-5,10,12H2,1-3H3,(H,19,23)/t16-/m0/s1. The number of amides is 2. The number of ether oxygens (including phenoxy) is 1. The number of rotatable bonds is 3. The highest BCUT2D eigenvalue weighted by atomic mass is 16.5. The van der Waals surface area contributed by atoms with E-state index in [9.17, 15) is 4.79 Å². The lowest BCUT2D eigenvalue weighted by atomic mass is 10.1. The van der Waals surface area contributed by atoms with Gasteiger partial charge in [0.15, 0.2) is 0 Å². The van der Waals surface area contributed by atoms with Gasteiger partial charge in [0, 0.05) is 26.3 Å². The van der Waals surface area contributed by atoms with Gasteiger partial charge in [-0.05, 0) is 38.8 Å². The van der Waals surface area contributed by atoms with Crippen molar-refractivity contribution in [2.45, 2.75) is 32.8 Å². The molecule has 2 aromatic rings. The normalized spacial score (nSPS) is 17.8. The van der Waals surface area contributed by atoms with Crippen LogP contribution in [0.1, 0.15) is 24.1 Å². The largest absolute Gasteiger partial charge is 0.380 e. The number of carbonyl (C=O) groups excluding carboxylic acids is 1. The monoisotopic (exact) mass is 328 g/mol. The van der Waals surface area contributed by atoms with Crippen LogP contribution >= 0.6 is 0 Å². The van der Waals surface area contributed by atoms with E-state index in [1.165, 1.54) is 5.56 Å². The first kappa shape index (κ1) is 16.5. The zero-order valence-electron chi connectivity index (χ0n) is 14.5. The predicted molar refractivity (Wildman–Crippen MR) is 93.7 cm³/mol. The molecule has 1 atom stereocenters. The summed E-state index contributed by atoms with van der Waals surface area (Å²) in [5.74, 6) is 0.681. The Balaban J connectivity index is 1.77. The molecular weight excluding hydrogens is 304 g/mol. The molecule has 1 aromatic carbocycles. The number of likely N-dealkylation sites (tertiary alicyclic amines) is 1. The fourth-order valence-electron chi connectivity index (χ4n) is 2.97. The number of aromatic nitrogens is 2. The van der Waals surface area contributed by atoms with Crippen LogP contribution in [0.4, 0.5) is 10.6 Å². The fourth-order valence-corrected chi connectivity index (χ4v) is 2.97. The van der Waals surface area contributed by atoms with Gasteiger partial charge in [0.2, 0.25) is 0 Å². The predicted octanol–water partition coefficient (Wildman–Crippen LogP) is 3.13. The van der Waals surface area contributed by atoms with E-state index >= 15 is 0 Å². The molecule has 0 bridgehead atoms. The van der Waals surface area contributed by atoms with Gasteiger partial charge in [-0.25, -0.2) is 9.48 Å². The van der Waals surface area contributed by atoms with Gasteiger partial charge in [-0.15, -0.1) is 0 Å². The summed E-state index contributed by atoms with van der Waals surface area (Å²) in [4.78, 5) is 14.4. The number of methoxy groups -OCH3 is 1. The first-order chi connectivity index (χ1) is 11.6. The molecule has 6 nitrogen and oxygen atoms in total. The van der Waals surface area contributed by atoms with Crippen LogP contribution in [0.2, 0.25) is 0 Å². The molecule has 0 radical (unpaired) electrons. The molecule has 1 N–H and O–H groups in total. The molecule has 1 fully saturated rings. The third-order valence-corrected chi connectivity index (χ3v) is 4.34. The smallest absolute Gasteiger partial charge is 0.323 e. The van der Waals surface area contributed by atoms with Crippen molar-refractivity contribution in [1.29, 1.82) is 0 Å². The number of anilines is 1. The molecule has 6 heteroatoms. The molecule has 128 valence electrons. The molecule has 0 unspecified atom stereocenters. The Labute approximate surface area is 142 Å². The topological polar surface area (TPSA) is 59.4 Å². The molecular formula is C18H24N4O2. The lowest BCUT2D eigenvalue weighted by molar-refractivity contribution is 0.0458. The van der Waals surface area contributed by atoms with E-state index in [1.807, 2.05) is 44.2 Å². The van der Waals surface area contributed by atoms with E-state index in [2.05, 4.69) is 10.4 Å². The summed E-state index contributed by atoms with van der Waals surface area (Å²) in [5.41, 5.74) is 2.98. The van der Waals surface area contributed by atoms with E-state index in [0.29, 0.717) is 12.4 Å². The van der Waals surface area contributed by atoms with Gasteiger partial charge < -0.3 is 9.64 Å². The second kappa shape index (κ2) is 7.05. The molecule has 24 heavy (non-hydrogen) atoms. The minimum atomic E-state index is -0.106. The summed E-state index contributed by atoms with van der Waals surface area (Å²) < 4.78 is 7.16. The maximum atomic E-state index is 12.6. The van der Waals surface area contributed by atoms with Crippen LogP contribution in [0.25, 0.3) is 5.69 Å². The number of aryl methyl sites for hydroxylation is 2. The van der Waals surface area contributed by atoms with Crippen molar-refractivity contribution >= 4 is 11.8 Å². The van der Waals surface area contributed by atoms with E-state index in [4.69, 9.17) is 4.74 Å². The van der Waals surface area contributed by atoms with Crippen LogP contribution in [0.15, 0.2) is 30.3 Å². The highest BCUT2D eigenvalue weighted by molar-refractivity contribution is 5.89. The summed E-state index contributed by atoms with van der Waals surface area (Å²) in [5, 5.41) is 7.49. The van der Waals surface area contributed by atoms with Crippen molar-refractivity contribution in [3.05, 3.63) is 41.6 Å². The van der Waals surface area contributed by atoms with Crippen molar-refractivity contribution in [3.63, 3.8) is 0 Å². The van der Waals surface area contributed by atoms with Crippen molar-refractivity contribution in [1.82, 2.24) is 14.7 Å². The van der Waals surface area contributed by atoms with Gasteiger partial charge >= 0.3 is 6.03 Å². The zero-order valence-corrected chi connectivity index (χ0v) is 14.5. The van der Waals surface area contributed by atoms with Crippen molar-refractivity contribution < 1.29 is 9.53 Å². The van der Waals surface area contributed by atoms with E-state index in [0.717, 1.165) is 30.8 Å². The van der Waals surface area contributed by atoms with Crippen LogP contribution < -0.4 is 5.32 Å². The maximum absolute atomic E-state index is 12.6. The third-order valence-electron chi connectivity index (χ3n) is 4.34. The Bertz CT molecular complexity index is 708. The van der Waals surface area contributed by atoms with Crippen LogP contribution in [-0.4, -0.2) is 47.0 Å². The number of benzene rings is 1. The van der Waals surface area contributed by atoms with Crippen molar-refractivity contribution in [3.8, 4) is 5.69 Å². The number of nitrogens with one attached hydrogen (secondary N) is 1. The molecule has 1 aromatic heterocycles. The van der Waals surface area contributed by atoms with Crippen LogP contribution in [-0.2, 0) is 4.74 Å². The van der Waals surface area contributed by atoms with E-state index in [1.54, 1.807) is 16.7 Å². The lowest BCUT2D eigenvalue weighted by Crippen LogP contribution is -2.45. The summed E-state index contributed by atoms with van der Waals surface area (Å²) in [6, 6.07) is 9.84. The van der Waals surface area contributed by atoms with Crippen molar-refractivity contribution in [2.75, 3.05) is 25.5 Å². The number of nitrogens with zero attached hydrogens (tertiary/aromatic N) is 3. The van der Waals surface area contributed by atoms with Crippen molar-refractivity contribution in [2.24, 2.45) is 0 Å².